The summed E-state index contributed by atoms with van der Waals surface area (Å²) in [5, 5.41) is 3.48. The van der Waals surface area contributed by atoms with Crippen molar-refractivity contribution in [2.45, 2.75) is 30.7 Å². The van der Waals surface area contributed by atoms with Crippen molar-refractivity contribution >= 4 is 15.4 Å². The lowest BCUT2D eigenvalue weighted by atomic mass is 10.1. The fourth-order valence-electron chi connectivity index (χ4n) is 2.09. The van der Waals surface area contributed by atoms with E-state index in [0.717, 1.165) is 12.8 Å². The van der Waals surface area contributed by atoms with Gasteiger partial charge in [-0.05, 0) is 30.5 Å². The van der Waals surface area contributed by atoms with Gasteiger partial charge in [0.1, 0.15) is 0 Å². The molecule has 1 unspecified atom stereocenters. The van der Waals surface area contributed by atoms with Gasteiger partial charge >= 0.3 is 12.1 Å². The number of rotatable bonds is 4. The lowest BCUT2D eigenvalue weighted by Gasteiger charge is -2.02. The Morgan fingerprint density at radius 1 is 1.30 bits per heavy atom. The standard InChI is InChI=1S/C14H14F3N3O2S/c1-23(21,11-6-7-11)20-10-4-2-9(3-5-10)8-12-18-13(22-19-12)14(15,16)17/h2-5,11H,6-8H2,1H3. The summed E-state index contributed by atoms with van der Waals surface area (Å²) < 4.78 is 57.9. The van der Waals surface area contributed by atoms with Crippen LogP contribution in [0.4, 0.5) is 18.9 Å². The smallest absolute Gasteiger partial charge is 0.329 e. The number of aromatic nitrogens is 2. The Morgan fingerprint density at radius 2 is 1.96 bits per heavy atom. The highest BCUT2D eigenvalue weighted by Gasteiger charge is 2.38. The molecule has 1 atom stereocenters. The van der Waals surface area contributed by atoms with Crippen LogP contribution in [-0.2, 0) is 22.3 Å². The van der Waals surface area contributed by atoms with Gasteiger partial charge in [0.2, 0.25) is 0 Å². The Balaban J connectivity index is 1.73. The Bertz CT molecular complexity index is 817. The molecule has 23 heavy (non-hydrogen) atoms. The Morgan fingerprint density at radius 3 is 2.48 bits per heavy atom. The zero-order valence-corrected chi connectivity index (χ0v) is 13.0. The van der Waals surface area contributed by atoms with Crippen molar-refractivity contribution in [2.75, 3.05) is 6.26 Å². The van der Waals surface area contributed by atoms with Crippen molar-refractivity contribution < 1.29 is 21.9 Å². The Kier molecular flexibility index (Phi) is 3.91. The van der Waals surface area contributed by atoms with Gasteiger partial charge in [-0.1, -0.05) is 17.3 Å². The minimum absolute atomic E-state index is 0.0423. The van der Waals surface area contributed by atoms with Gasteiger partial charge in [0.25, 0.3) is 0 Å². The van der Waals surface area contributed by atoms with Crippen molar-refractivity contribution in [2.24, 2.45) is 4.36 Å². The summed E-state index contributed by atoms with van der Waals surface area (Å²) in [6.45, 7) is 0. The quantitative estimate of drug-likeness (QED) is 0.849. The van der Waals surface area contributed by atoms with Crippen molar-refractivity contribution in [3.05, 3.63) is 41.5 Å². The maximum Gasteiger partial charge on any atom is 0.471 e. The second-order valence-electron chi connectivity index (χ2n) is 5.51. The van der Waals surface area contributed by atoms with Gasteiger partial charge in [0, 0.05) is 17.9 Å². The van der Waals surface area contributed by atoms with Crippen LogP contribution in [0.1, 0.15) is 30.1 Å². The summed E-state index contributed by atoms with van der Waals surface area (Å²) in [5.41, 5.74) is 1.31. The first kappa shape index (κ1) is 16.0. The molecule has 0 spiro atoms. The summed E-state index contributed by atoms with van der Waals surface area (Å²) >= 11 is 0. The molecule has 5 nitrogen and oxygen atoms in total. The molecule has 0 radical (unpaired) electrons. The van der Waals surface area contributed by atoms with E-state index >= 15 is 0 Å². The van der Waals surface area contributed by atoms with Crippen LogP contribution in [0.25, 0.3) is 0 Å². The van der Waals surface area contributed by atoms with E-state index in [1.54, 1.807) is 30.5 Å². The maximum absolute atomic E-state index is 12.4. The zero-order valence-electron chi connectivity index (χ0n) is 12.2. The highest BCUT2D eigenvalue weighted by atomic mass is 32.2. The van der Waals surface area contributed by atoms with Gasteiger partial charge in [-0.25, -0.2) is 4.21 Å². The molecule has 1 heterocycles. The van der Waals surface area contributed by atoms with Crippen LogP contribution in [0, 0.1) is 0 Å². The first-order valence-electron chi connectivity index (χ1n) is 6.94. The molecule has 0 amide bonds. The molecule has 9 heteroatoms. The molecule has 0 aliphatic heterocycles. The van der Waals surface area contributed by atoms with E-state index in [0.29, 0.717) is 11.3 Å². The molecule has 1 aliphatic carbocycles. The van der Waals surface area contributed by atoms with Crippen LogP contribution < -0.4 is 0 Å². The number of nitrogens with zero attached hydrogens (tertiary/aromatic N) is 3. The average molecular weight is 345 g/mol. The molecule has 2 aromatic rings. The summed E-state index contributed by atoms with van der Waals surface area (Å²) in [6.07, 6.45) is -0.995. The van der Waals surface area contributed by atoms with Gasteiger partial charge in [0.15, 0.2) is 5.82 Å². The van der Waals surface area contributed by atoms with Crippen LogP contribution in [0.15, 0.2) is 33.2 Å². The molecule has 1 aromatic carbocycles. The Labute approximate surface area is 131 Å². The third-order valence-electron chi connectivity index (χ3n) is 3.44. The number of halogens is 3. The lowest BCUT2D eigenvalue weighted by Crippen LogP contribution is -2.05. The second kappa shape index (κ2) is 5.63. The normalized spacial score (nSPS) is 17.7. The van der Waals surface area contributed by atoms with Gasteiger partial charge in [-0.2, -0.15) is 22.5 Å². The summed E-state index contributed by atoms with van der Waals surface area (Å²) in [5.74, 6) is -1.39. The van der Waals surface area contributed by atoms with E-state index in [9.17, 15) is 17.4 Å². The van der Waals surface area contributed by atoms with Crippen LogP contribution >= 0.6 is 0 Å². The summed E-state index contributed by atoms with van der Waals surface area (Å²) in [4.78, 5) is 3.32. The van der Waals surface area contributed by atoms with E-state index < -0.39 is 21.8 Å². The number of alkyl halides is 3. The topological polar surface area (TPSA) is 68.3 Å². The third-order valence-corrected chi connectivity index (χ3v) is 5.72. The van der Waals surface area contributed by atoms with Crippen LogP contribution in [0.3, 0.4) is 0 Å². The highest BCUT2D eigenvalue weighted by Crippen LogP contribution is 2.31. The van der Waals surface area contributed by atoms with Gasteiger partial charge in [-0.15, -0.1) is 0 Å². The molecule has 124 valence electrons. The molecule has 0 saturated heterocycles. The van der Waals surface area contributed by atoms with E-state index in [2.05, 4.69) is 19.0 Å². The predicted molar refractivity (Wildman–Crippen MR) is 77.7 cm³/mol. The van der Waals surface area contributed by atoms with Crippen LogP contribution in [0.2, 0.25) is 0 Å². The predicted octanol–water partition coefficient (Wildman–Crippen LogP) is 3.57. The van der Waals surface area contributed by atoms with E-state index in [-0.39, 0.29) is 17.5 Å². The molecule has 0 bridgehead atoms. The molecule has 0 N–H and O–H groups in total. The Hall–Kier alpha value is -1.90. The number of hydrogen-bond donors (Lipinski definition) is 0. The first-order valence-corrected chi connectivity index (χ1v) is 8.92. The number of benzene rings is 1. The lowest BCUT2D eigenvalue weighted by molar-refractivity contribution is -0.159. The summed E-state index contributed by atoms with van der Waals surface area (Å²) in [6, 6.07) is 6.77. The van der Waals surface area contributed by atoms with E-state index in [1.165, 1.54) is 0 Å². The first-order chi connectivity index (χ1) is 10.7. The molecule has 1 saturated carbocycles. The monoisotopic (exact) mass is 345 g/mol. The molecular weight excluding hydrogens is 331 g/mol. The van der Waals surface area contributed by atoms with Crippen molar-refractivity contribution in [1.29, 1.82) is 0 Å². The van der Waals surface area contributed by atoms with Crippen LogP contribution in [-0.4, -0.2) is 25.9 Å². The molecule has 3 rings (SSSR count). The third kappa shape index (κ3) is 3.90. The molecular formula is C14H14F3N3O2S. The van der Waals surface area contributed by atoms with Crippen molar-refractivity contribution in [3.63, 3.8) is 0 Å². The SMILES string of the molecule is CS(=O)(=Nc1ccc(Cc2noc(C(F)(F)F)n2)cc1)C1CC1. The van der Waals surface area contributed by atoms with Crippen LogP contribution in [0.5, 0.6) is 0 Å². The second-order valence-corrected chi connectivity index (χ2v) is 8.08. The molecule has 1 aromatic heterocycles. The summed E-state index contributed by atoms with van der Waals surface area (Å²) in [7, 11) is -2.21. The van der Waals surface area contributed by atoms with Gasteiger partial charge in [-0.3, -0.25) is 0 Å². The highest BCUT2D eigenvalue weighted by molar-refractivity contribution is 7.93. The molecule has 1 fully saturated rings. The van der Waals surface area contributed by atoms with Gasteiger partial charge in [0.05, 0.1) is 15.4 Å². The fourth-order valence-corrected chi connectivity index (χ4v) is 3.79. The fraction of sp³-hybridized carbons (Fsp3) is 0.429. The minimum atomic E-state index is -4.64. The zero-order chi connectivity index (χ0) is 16.7. The largest absolute Gasteiger partial charge is 0.471 e. The van der Waals surface area contributed by atoms with E-state index in [1.807, 2.05) is 0 Å². The molecule has 1 aliphatic rings. The minimum Gasteiger partial charge on any atom is -0.329 e. The van der Waals surface area contributed by atoms with E-state index in [4.69, 9.17) is 0 Å². The maximum atomic E-state index is 12.4. The van der Waals surface area contributed by atoms with Crippen molar-refractivity contribution in [1.82, 2.24) is 10.1 Å². The van der Waals surface area contributed by atoms with Crippen molar-refractivity contribution in [3.8, 4) is 0 Å². The average Bonchev–Trinajstić information content (AvgIpc) is 3.21. The van der Waals surface area contributed by atoms with Gasteiger partial charge < -0.3 is 4.52 Å². The number of hydrogen-bond acceptors (Lipinski definition) is 5.